The van der Waals surface area contributed by atoms with Crippen molar-refractivity contribution in [2.45, 2.75) is 6.92 Å². The summed E-state index contributed by atoms with van der Waals surface area (Å²) in [6.07, 6.45) is 6.17. The Balaban J connectivity index is 2.79. The topological polar surface area (TPSA) is 37.3 Å². The Morgan fingerprint density at radius 3 is 2.64 bits per heavy atom. The molecular weight excluding hydrogens is 176 g/mol. The fourth-order valence-corrected chi connectivity index (χ4v) is 1.02. The van der Waals surface area contributed by atoms with Gasteiger partial charge in [0.2, 0.25) is 0 Å². The van der Waals surface area contributed by atoms with E-state index >= 15 is 0 Å². The standard InChI is InChI=1S/C12H12O2/c1-2-5-11(13)9-8-10-6-3-4-7-12(10)14/h2-9,14H,1H3/b5-2+,9-8+. The maximum Gasteiger partial charge on any atom is 0.178 e. The predicted octanol–water partition coefficient (Wildman–Crippen LogP) is 2.55. The van der Waals surface area contributed by atoms with Crippen LogP contribution in [0.5, 0.6) is 5.75 Å². The second-order valence-electron chi connectivity index (χ2n) is 2.79. The zero-order valence-corrected chi connectivity index (χ0v) is 7.97. The minimum Gasteiger partial charge on any atom is -0.507 e. The molecule has 0 aliphatic rings. The van der Waals surface area contributed by atoms with Crippen molar-refractivity contribution >= 4 is 11.9 Å². The van der Waals surface area contributed by atoms with Crippen molar-refractivity contribution in [2.24, 2.45) is 0 Å². The minimum atomic E-state index is -0.0873. The van der Waals surface area contributed by atoms with Gasteiger partial charge in [-0.3, -0.25) is 4.79 Å². The smallest absolute Gasteiger partial charge is 0.178 e. The molecule has 0 saturated carbocycles. The van der Waals surface area contributed by atoms with E-state index in [4.69, 9.17) is 0 Å². The fraction of sp³-hybridized carbons (Fsp3) is 0.0833. The van der Waals surface area contributed by atoms with Crippen LogP contribution in [0.15, 0.2) is 42.5 Å². The van der Waals surface area contributed by atoms with Crippen molar-refractivity contribution in [3.05, 3.63) is 48.1 Å². The summed E-state index contributed by atoms with van der Waals surface area (Å²) in [6, 6.07) is 6.87. The number of hydrogen-bond acceptors (Lipinski definition) is 2. The van der Waals surface area contributed by atoms with Crippen LogP contribution in [0.2, 0.25) is 0 Å². The third kappa shape index (κ3) is 2.90. The molecule has 0 spiro atoms. The van der Waals surface area contributed by atoms with Gasteiger partial charge in [-0.2, -0.15) is 0 Å². The van der Waals surface area contributed by atoms with Gasteiger partial charge in [0.05, 0.1) is 0 Å². The molecule has 14 heavy (non-hydrogen) atoms. The molecular formula is C12H12O2. The molecule has 0 aliphatic carbocycles. The summed E-state index contributed by atoms with van der Waals surface area (Å²) in [5, 5.41) is 9.37. The van der Waals surface area contributed by atoms with E-state index in [1.165, 1.54) is 12.2 Å². The molecule has 0 saturated heterocycles. The zero-order chi connectivity index (χ0) is 10.4. The van der Waals surface area contributed by atoms with Crippen molar-refractivity contribution in [2.75, 3.05) is 0 Å². The van der Waals surface area contributed by atoms with Gasteiger partial charge in [-0.05, 0) is 31.2 Å². The first kappa shape index (κ1) is 10.3. The van der Waals surface area contributed by atoms with Crippen LogP contribution in [0.1, 0.15) is 12.5 Å². The highest BCUT2D eigenvalue weighted by Gasteiger charge is 1.94. The number of benzene rings is 1. The third-order valence-electron chi connectivity index (χ3n) is 1.69. The maximum absolute atomic E-state index is 11.1. The summed E-state index contributed by atoms with van der Waals surface area (Å²) in [5.74, 6) is 0.0905. The van der Waals surface area contributed by atoms with Crippen LogP contribution in [-0.4, -0.2) is 10.9 Å². The average Bonchev–Trinajstić information content (AvgIpc) is 2.17. The lowest BCUT2D eigenvalue weighted by Crippen LogP contribution is -1.83. The van der Waals surface area contributed by atoms with Gasteiger partial charge in [0.1, 0.15) is 5.75 Å². The van der Waals surface area contributed by atoms with Gasteiger partial charge in [0, 0.05) is 5.56 Å². The molecule has 1 rings (SSSR count). The van der Waals surface area contributed by atoms with Crippen molar-refractivity contribution in [1.29, 1.82) is 0 Å². The van der Waals surface area contributed by atoms with Gasteiger partial charge in [-0.25, -0.2) is 0 Å². The number of aromatic hydroxyl groups is 1. The number of hydrogen-bond donors (Lipinski definition) is 1. The molecule has 0 bridgehead atoms. The minimum absolute atomic E-state index is 0.0873. The second-order valence-corrected chi connectivity index (χ2v) is 2.79. The summed E-state index contributed by atoms with van der Waals surface area (Å²) >= 11 is 0. The van der Waals surface area contributed by atoms with E-state index in [0.717, 1.165) is 0 Å². The molecule has 72 valence electrons. The van der Waals surface area contributed by atoms with Crippen LogP contribution in [0.25, 0.3) is 6.08 Å². The molecule has 0 amide bonds. The molecule has 1 aromatic rings. The Kier molecular flexibility index (Phi) is 3.68. The van der Waals surface area contributed by atoms with Crippen LogP contribution >= 0.6 is 0 Å². The van der Waals surface area contributed by atoms with Gasteiger partial charge in [-0.15, -0.1) is 0 Å². The number of rotatable bonds is 3. The second kappa shape index (κ2) is 5.02. The molecule has 0 aliphatic heterocycles. The molecule has 2 heteroatoms. The Bertz CT molecular complexity index is 376. The van der Waals surface area contributed by atoms with Gasteiger partial charge in [0.15, 0.2) is 5.78 Å². The summed E-state index contributed by atoms with van der Waals surface area (Å²) in [7, 11) is 0. The Labute approximate surface area is 83.2 Å². The zero-order valence-electron chi connectivity index (χ0n) is 7.97. The first-order valence-electron chi connectivity index (χ1n) is 4.37. The molecule has 1 N–H and O–H groups in total. The molecule has 0 fully saturated rings. The summed E-state index contributed by atoms with van der Waals surface area (Å²) in [6.45, 7) is 1.78. The normalized spacial score (nSPS) is 11.2. The van der Waals surface area contributed by atoms with Crippen molar-refractivity contribution in [1.82, 2.24) is 0 Å². The quantitative estimate of drug-likeness (QED) is 0.740. The van der Waals surface area contributed by atoms with Gasteiger partial charge in [0.25, 0.3) is 0 Å². The fourth-order valence-electron chi connectivity index (χ4n) is 1.02. The average molecular weight is 188 g/mol. The monoisotopic (exact) mass is 188 g/mol. The lowest BCUT2D eigenvalue weighted by molar-refractivity contribution is -0.110. The van der Waals surface area contributed by atoms with Gasteiger partial charge in [-0.1, -0.05) is 24.3 Å². The number of phenols is 1. The number of phenolic OH excluding ortho intramolecular Hbond substituents is 1. The highest BCUT2D eigenvalue weighted by molar-refractivity contribution is 6.02. The van der Waals surface area contributed by atoms with Crippen molar-refractivity contribution in [3.8, 4) is 5.75 Å². The number of ketones is 1. The van der Waals surface area contributed by atoms with E-state index in [0.29, 0.717) is 5.56 Å². The van der Waals surface area contributed by atoms with E-state index in [9.17, 15) is 9.90 Å². The lowest BCUT2D eigenvalue weighted by atomic mass is 10.1. The highest BCUT2D eigenvalue weighted by Crippen LogP contribution is 2.16. The Morgan fingerprint density at radius 1 is 1.29 bits per heavy atom. The summed E-state index contributed by atoms with van der Waals surface area (Å²) < 4.78 is 0. The molecule has 0 radical (unpaired) electrons. The molecule has 0 aromatic heterocycles. The van der Waals surface area contributed by atoms with Crippen LogP contribution in [0, 0.1) is 0 Å². The number of carbonyl (C=O) groups is 1. The maximum atomic E-state index is 11.1. The Hall–Kier alpha value is -1.83. The molecule has 0 heterocycles. The van der Waals surface area contributed by atoms with E-state index in [2.05, 4.69) is 0 Å². The molecule has 0 atom stereocenters. The highest BCUT2D eigenvalue weighted by atomic mass is 16.3. The summed E-state index contributed by atoms with van der Waals surface area (Å²) in [4.78, 5) is 11.1. The van der Waals surface area contributed by atoms with Gasteiger partial charge < -0.3 is 5.11 Å². The molecule has 2 nitrogen and oxygen atoms in total. The third-order valence-corrected chi connectivity index (χ3v) is 1.69. The van der Waals surface area contributed by atoms with E-state index in [1.807, 2.05) is 0 Å². The van der Waals surface area contributed by atoms with Crippen molar-refractivity contribution in [3.63, 3.8) is 0 Å². The van der Waals surface area contributed by atoms with Crippen LogP contribution < -0.4 is 0 Å². The van der Waals surface area contributed by atoms with E-state index in [1.54, 1.807) is 43.3 Å². The summed E-state index contributed by atoms with van der Waals surface area (Å²) in [5.41, 5.74) is 0.644. The molecule has 1 aromatic carbocycles. The predicted molar refractivity (Wildman–Crippen MR) is 57.0 cm³/mol. The van der Waals surface area contributed by atoms with Crippen LogP contribution in [0.4, 0.5) is 0 Å². The van der Waals surface area contributed by atoms with Gasteiger partial charge >= 0.3 is 0 Å². The van der Waals surface area contributed by atoms with E-state index in [-0.39, 0.29) is 11.5 Å². The van der Waals surface area contributed by atoms with Crippen LogP contribution in [-0.2, 0) is 4.79 Å². The van der Waals surface area contributed by atoms with Crippen molar-refractivity contribution < 1.29 is 9.90 Å². The number of para-hydroxylation sites is 1. The van der Waals surface area contributed by atoms with Crippen LogP contribution in [0.3, 0.4) is 0 Å². The lowest BCUT2D eigenvalue weighted by Gasteiger charge is -1.95. The first-order chi connectivity index (χ1) is 6.74. The van der Waals surface area contributed by atoms with E-state index < -0.39 is 0 Å². The molecule has 0 unspecified atom stereocenters. The first-order valence-corrected chi connectivity index (χ1v) is 4.37. The number of carbonyl (C=O) groups excluding carboxylic acids is 1. The number of allylic oxidation sites excluding steroid dienone is 3. The largest absolute Gasteiger partial charge is 0.507 e. The Morgan fingerprint density at radius 2 is 2.00 bits per heavy atom. The SMILES string of the molecule is C/C=C/C(=O)/C=C/c1ccccc1O.